The molecule has 1 heteroatoms. The van der Waals surface area contributed by atoms with Crippen LogP contribution in [0.5, 0.6) is 0 Å². The predicted octanol–water partition coefficient (Wildman–Crippen LogP) is 2.27. The fourth-order valence-electron chi connectivity index (χ4n) is 0.327. The standard InChI is InChI=1S/C8H12.CH5N/c1-4-5-6-7-8(2)3;1-2/h4-7H,1H2,2-3H3;2H2,1H3/b6-5-;. The van der Waals surface area contributed by atoms with E-state index in [2.05, 4.69) is 26.2 Å². The van der Waals surface area contributed by atoms with Gasteiger partial charge in [0.1, 0.15) is 0 Å². The molecule has 0 spiro atoms. The molecule has 0 aromatic carbocycles. The summed E-state index contributed by atoms with van der Waals surface area (Å²) in [5.41, 5.74) is 5.81. The zero-order valence-electron chi connectivity index (χ0n) is 7.09. The van der Waals surface area contributed by atoms with Gasteiger partial charge in [0.25, 0.3) is 0 Å². The summed E-state index contributed by atoms with van der Waals surface area (Å²) in [7, 11) is 1.50. The molecule has 0 saturated carbocycles. The molecule has 0 saturated heterocycles. The molecule has 0 aliphatic heterocycles. The first-order valence-corrected chi connectivity index (χ1v) is 3.27. The Morgan fingerprint density at radius 2 is 1.70 bits per heavy atom. The van der Waals surface area contributed by atoms with Crippen LogP contribution < -0.4 is 5.73 Å². The van der Waals surface area contributed by atoms with Crippen molar-refractivity contribution in [2.75, 3.05) is 7.05 Å². The molecule has 0 aromatic rings. The van der Waals surface area contributed by atoms with Crippen LogP contribution in [0.4, 0.5) is 0 Å². The second-order valence-corrected chi connectivity index (χ2v) is 1.86. The van der Waals surface area contributed by atoms with Gasteiger partial charge in [-0.3, -0.25) is 0 Å². The Bertz CT molecular complexity index is 117. The molecule has 2 N–H and O–H groups in total. The molecule has 0 aliphatic carbocycles. The first kappa shape index (κ1) is 11.9. The SMILES string of the molecule is C=C/C=C\C=C(C)C.CN. The lowest BCUT2D eigenvalue weighted by molar-refractivity contribution is 1.39. The summed E-state index contributed by atoms with van der Waals surface area (Å²) in [6.07, 6.45) is 7.69. The minimum Gasteiger partial charge on any atom is -0.333 e. The Hall–Kier alpha value is -0.820. The zero-order valence-corrected chi connectivity index (χ0v) is 7.09. The largest absolute Gasteiger partial charge is 0.333 e. The van der Waals surface area contributed by atoms with Gasteiger partial charge in [-0.15, -0.1) is 0 Å². The van der Waals surface area contributed by atoms with E-state index in [-0.39, 0.29) is 0 Å². The second kappa shape index (κ2) is 11.0. The number of hydrogen-bond acceptors (Lipinski definition) is 1. The van der Waals surface area contributed by atoms with Gasteiger partial charge in [-0.1, -0.05) is 36.5 Å². The molecule has 0 aromatic heterocycles. The van der Waals surface area contributed by atoms with E-state index in [1.54, 1.807) is 6.08 Å². The minimum atomic E-state index is 1.31. The van der Waals surface area contributed by atoms with Crippen molar-refractivity contribution in [2.24, 2.45) is 5.73 Å². The normalized spacial score (nSPS) is 8.00. The third-order valence-corrected chi connectivity index (χ3v) is 0.677. The maximum atomic E-state index is 4.50. The van der Waals surface area contributed by atoms with Crippen LogP contribution in [0.15, 0.2) is 36.5 Å². The lowest BCUT2D eigenvalue weighted by atomic mass is 10.3. The van der Waals surface area contributed by atoms with Crippen molar-refractivity contribution in [1.29, 1.82) is 0 Å². The van der Waals surface area contributed by atoms with Gasteiger partial charge in [-0.25, -0.2) is 0 Å². The number of hydrogen-bond donors (Lipinski definition) is 1. The third-order valence-electron chi connectivity index (χ3n) is 0.677. The van der Waals surface area contributed by atoms with Gasteiger partial charge in [0.05, 0.1) is 0 Å². The smallest absolute Gasteiger partial charge is 0.0195 e. The lowest BCUT2D eigenvalue weighted by Crippen LogP contribution is -1.69. The molecule has 0 unspecified atom stereocenters. The number of nitrogens with two attached hydrogens (primary N) is 1. The maximum Gasteiger partial charge on any atom is -0.0195 e. The Balaban J connectivity index is 0. The average Bonchev–Trinajstić information content (AvgIpc) is 1.92. The van der Waals surface area contributed by atoms with Crippen molar-refractivity contribution >= 4 is 0 Å². The molecule has 0 atom stereocenters. The van der Waals surface area contributed by atoms with Gasteiger partial charge in [0, 0.05) is 0 Å². The van der Waals surface area contributed by atoms with Crippen molar-refractivity contribution in [3.63, 3.8) is 0 Å². The van der Waals surface area contributed by atoms with Crippen molar-refractivity contribution in [1.82, 2.24) is 0 Å². The van der Waals surface area contributed by atoms with Gasteiger partial charge in [-0.2, -0.15) is 0 Å². The highest BCUT2D eigenvalue weighted by Gasteiger charge is 1.66. The zero-order chi connectivity index (χ0) is 8.41. The molecule has 0 rings (SSSR count). The van der Waals surface area contributed by atoms with E-state index in [1.807, 2.05) is 18.2 Å². The van der Waals surface area contributed by atoms with Crippen LogP contribution in [0.25, 0.3) is 0 Å². The summed E-state index contributed by atoms with van der Waals surface area (Å²) in [6.45, 7) is 7.67. The summed E-state index contributed by atoms with van der Waals surface area (Å²) >= 11 is 0. The van der Waals surface area contributed by atoms with E-state index in [0.717, 1.165) is 0 Å². The molecule has 0 aliphatic rings. The quantitative estimate of drug-likeness (QED) is 0.583. The van der Waals surface area contributed by atoms with Crippen LogP contribution in [-0.2, 0) is 0 Å². The van der Waals surface area contributed by atoms with E-state index in [0.29, 0.717) is 0 Å². The molecular formula is C9H17N. The summed E-state index contributed by atoms with van der Waals surface area (Å²) in [6, 6.07) is 0. The minimum absolute atomic E-state index is 1.31. The average molecular weight is 139 g/mol. The highest BCUT2D eigenvalue weighted by Crippen LogP contribution is 1.87. The van der Waals surface area contributed by atoms with Gasteiger partial charge >= 0.3 is 0 Å². The molecule has 10 heavy (non-hydrogen) atoms. The Morgan fingerprint density at radius 1 is 1.20 bits per heavy atom. The van der Waals surface area contributed by atoms with E-state index < -0.39 is 0 Å². The monoisotopic (exact) mass is 139 g/mol. The number of allylic oxidation sites excluding steroid dienone is 5. The summed E-state index contributed by atoms with van der Waals surface area (Å²) in [4.78, 5) is 0. The second-order valence-electron chi connectivity index (χ2n) is 1.86. The molecule has 58 valence electrons. The van der Waals surface area contributed by atoms with Crippen LogP contribution >= 0.6 is 0 Å². The van der Waals surface area contributed by atoms with Gasteiger partial charge in [0.2, 0.25) is 0 Å². The van der Waals surface area contributed by atoms with Gasteiger partial charge in [0.15, 0.2) is 0 Å². The first-order chi connectivity index (χ1) is 4.77. The molecule has 0 radical (unpaired) electrons. The topological polar surface area (TPSA) is 26.0 Å². The van der Waals surface area contributed by atoms with Gasteiger partial charge < -0.3 is 5.73 Å². The maximum absolute atomic E-state index is 4.50. The van der Waals surface area contributed by atoms with E-state index in [1.165, 1.54) is 12.6 Å². The van der Waals surface area contributed by atoms with Crippen molar-refractivity contribution in [3.8, 4) is 0 Å². The van der Waals surface area contributed by atoms with Crippen molar-refractivity contribution in [2.45, 2.75) is 13.8 Å². The summed E-state index contributed by atoms with van der Waals surface area (Å²) in [5.74, 6) is 0. The molecule has 0 heterocycles. The van der Waals surface area contributed by atoms with E-state index >= 15 is 0 Å². The third kappa shape index (κ3) is 15.7. The highest BCUT2D eigenvalue weighted by molar-refractivity contribution is 5.12. The number of rotatable bonds is 2. The van der Waals surface area contributed by atoms with Crippen molar-refractivity contribution in [3.05, 3.63) is 36.5 Å². The van der Waals surface area contributed by atoms with Crippen LogP contribution in [0.3, 0.4) is 0 Å². The molecular weight excluding hydrogens is 122 g/mol. The van der Waals surface area contributed by atoms with Crippen LogP contribution in [0, 0.1) is 0 Å². The fourth-order valence-corrected chi connectivity index (χ4v) is 0.327. The summed E-state index contributed by atoms with van der Waals surface area (Å²) < 4.78 is 0. The van der Waals surface area contributed by atoms with Gasteiger partial charge in [-0.05, 0) is 20.9 Å². The van der Waals surface area contributed by atoms with Crippen LogP contribution in [0.1, 0.15) is 13.8 Å². The molecule has 0 fully saturated rings. The van der Waals surface area contributed by atoms with Crippen molar-refractivity contribution < 1.29 is 0 Å². The van der Waals surface area contributed by atoms with Crippen LogP contribution in [0.2, 0.25) is 0 Å². The molecule has 1 nitrogen and oxygen atoms in total. The van der Waals surface area contributed by atoms with E-state index in [4.69, 9.17) is 0 Å². The molecule has 0 amide bonds. The van der Waals surface area contributed by atoms with Crippen LogP contribution in [-0.4, -0.2) is 7.05 Å². The molecule has 0 bridgehead atoms. The lowest BCUT2D eigenvalue weighted by Gasteiger charge is -1.78. The van der Waals surface area contributed by atoms with E-state index in [9.17, 15) is 0 Å². The predicted molar refractivity (Wildman–Crippen MR) is 48.9 cm³/mol. The Morgan fingerprint density at radius 3 is 2.00 bits per heavy atom. The Kier molecular flexibility index (Phi) is 13.2. The Labute approximate surface area is 63.9 Å². The summed E-state index contributed by atoms with van der Waals surface area (Å²) in [5, 5.41) is 0. The fraction of sp³-hybridized carbons (Fsp3) is 0.333. The first-order valence-electron chi connectivity index (χ1n) is 3.27. The highest BCUT2D eigenvalue weighted by atomic mass is 14.4.